The molecule has 0 bridgehead atoms. The Morgan fingerprint density at radius 1 is 1.03 bits per heavy atom. The minimum atomic E-state index is -0.916. The first-order valence-electron chi connectivity index (χ1n) is 10.8. The lowest BCUT2D eigenvalue weighted by Gasteiger charge is -2.23. The molecule has 0 aliphatic rings. The second-order valence-corrected chi connectivity index (χ2v) is 8.30. The molecule has 0 heterocycles. The maximum absolute atomic E-state index is 12.5. The van der Waals surface area contributed by atoms with E-state index < -0.39 is 42.0 Å². The lowest BCUT2D eigenvalue weighted by molar-refractivity contribution is -0.145. The standard InChI is InChI=1S/C24H34N2O7/c1-5-15-31-21(28)16-20(27)19(26-23(30)33-24(2,3)4)13-9-10-14-25-22(29)32-17-18-11-7-6-8-12-18/h5-8,11-12,19H,1,9-10,13-17H2,2-4H3,(H,25,29)(H,26,30)/t19-/m0/s1. The van der Waals surface area contributed by atoms with Crippen molar-refractivity contribution in [3.8, 4) is 0 Å². The Kier molecular flexibility index (Phi) is 12.3. The molecular weight excluding hydrogens is 428 g/mol. The van der Waals surface area contributed by atoms with Crippen molar-refractivity contribution in [3.05, 3.63) is 48.6 Å². The molecule has 1 aromatic rings. The fourth-order valence-electron chi connectivity index (χ4n) is 2.67. The van der Waals surface area contributed by atoms with E-state index in [1.165, 1.54) is 6.08 Å². The van der Waals surface area contributed by atoms with Crippen LogP contribution < -0.4 is 10.6 Å². The Morgan fingerprint density at radius 3 is 2.36 bits per heavy atom. The van der Waals surface area contributed by atoms with Gasteiger partial charge in [-0.05, 0) is 45.6 Å². The van der Waals surface area contributed by atoms with Crippen molar-refractivity contribution in [2.45, 2.75) is 64.7 Å². The summed E-state index contributed by atoms with van der Waals surface area (Å²) in [4.78, 5) is 48.2. The number of rotatable bonds is 13. The lowest BCUT2D eigenvalue weighted by atomic mass is 10.0. The van der Waals surface area contributed by atoms with Gasteiger partial charge in [0.2, 0.25) is 0 Å². The Balaban J connectivity index is 2.45. The summed E-state index contributed by atoms with van der Waals surface area (Å²) in [6.07, 6.45) is 0.961. The number of hydrogen-bond acceptors (Lipinski definition) is 7. The number of carbonyl (C=O) groups is 4. The van der Waals surface area contributed by atoms with Gasteiger partial charge in [0.1, 0.15) is 25.2 Å². The van der Waals surface area contributed by atoms with Crippen LogP contribution >= 0.6 is 0 Å². The highest BCUT2D eigenvalue weighted by Crippen LogP contribution is 2.10. The first-order valence-corrected chi connectivity index (χ1v) is 10.8. The van der Waals surface area contributed by atoms with Crippen molar-refractivity contribution in [3.63, 3.8) is 0 Å². The number of carbonyl (C=O) groups excluding carboxylic acids is 4. The van der Waals surface area contributed by atoms with Crippen LogP contribution in [0, 0.1) is 0 Å². The molecule has 0 aliphatic heterocycles. The van der Waals surface area contributed by atoms with Crippen LogP contribution in [-0.2, 0) is 30.4 Å². The van der Waals surface area contributed by atoms with E-state index in [9.17, 15) is 19.2 Å². The zero-order valence-electron chi connectivity index (χ0n) is 19.6. The third kappa shape index (κ3) is 13.6. The summed E-state index contributed by atoms with van der Waals surface area (Å²) < 4.78 is 15.2. The summed E-state index contributed by atoms with van der Waals surface area (Å²) in [5.74, 6) is -1.18. The van der Waals surface area contributed by atoms with Crippen LogP contribution in [0.4, 0.5) is 9.59 Å². The molecule has 182 valence electrons. The van der Waals surface area contributed by atoms with Crippen LogP contribution in [-0.4, -0.2) is 48.7 Å². The van der Waals surface area contributed by atoms with Gasteiger partial charge in [-0.2, -0.15) is 0 Å². The molecule has 9 nitrogen and oxygen atoms in total. The Morgan fingerprint density at radius 2 is 1.73 bits per heavy atom. The van der Waals surface area contributed by atoms with Gasteiger partial charge in [-0.25, -0.2) is 9.59 Å². The number of esters is 1. The fourth-order valence-corrected chi connectivity index (χ4v) is 2.67. The molecule has 0 spiro atoms. The van der Waals surface area contributed by atoms with Gasteiger partial charge in [0.05, 0.1) is 6.04 Å². The number of ether oxygens (including phenoxy) is 3. The summed E-state index contributed by atoms with van der Waals surface area (Å²) in [5, 5.41) is 5.16. The van der Waals surface area contributed by atoms with Crippen LogP contribution in [0.25, 0.3) is 0 Å². The maximum atomic E-state index is 12.5. The number of benzene rings is 1. The quantitative estimate of drug-likeness (QED) is 0.151. The summed E-state index contributed by atoms with van der Waals surface area (Å²) >= 11 is 0. The third-order valence-corrected chi connectivity index (χ3v) is 4.16. The van der Waals surface area contributed by atoms with Gasteiger partial charge >= 0.3 is 18.2 Å². The van der Waals surface area contributed by atoms with E-state index in [0.717, 1.165) is 5.56 Å². The number of amides is 2. The van der Waals surface area contributed by atoms with E-state index >= 15 is 0 Å². The van der Waals surface area contributed by atoms with Gasteiger partial charge in [0, 0.05) is 6.54 Å². The molecule has 1 aromatic carbocycles. The summed E-state index contributed by atoms with van der Waals surface area (Å²) in [6, 6.07) is 8.40. The Hall–Kier alpha value is -3.36. The SMILES string of the molecule is C=CCOC(=O)CC(=O)[C@H](CCCCNC(=O)OCc1ccccc1)NC(=O)OC(C)(C)C. The second kappa shape index (κ2) is 14.7. The first-order chi connectivity index (χ1) is 15.6. The predicted octanol–water partition coefficient (Wildman–Crippen LogP) is 3.66. The molecule has 0 aliphatic carbocycles. The van der Waals surface area contributed by atoms with E-state index in [4.69, 9.17) is 14.2 Å². The van der Waals surface area contributed by atoms with Gasteiger partial charge in [-0.15, -0.1) is 0 Å². The van der Waals surface area contributed by atoms with E-state index in [1.54, 1.807) is 20.8 Å². The number of Topliss-reactive ketones (excluding diaryl/α,β-unsaturated/α-hetero) is 1. The molecule has 0 fully saturated rings. The van der Waals surface area contributed by atoms with Gasteiger partial charge < -0.3 is 24.8 Å². The van der Waals surface area contributed by atoms with Crippen LogP contribution in [0.1, 0.15) is 52.0 Å². The average Bonchev–Trinajstić information content (AvgIpc) is 2.74. The molecule has 0 radical (unpaired) electrons. The molecule has 2 N–H and O–H groups in total. The topological polar surface area (TPSA) is 120 Å². The van der Waals surface area contributed by atoms with Gasteiger partial charge in [0.25, 0.3) is 0 Å². The van der Waals surface area contributed by atoms with E-state index in [-0.39, 0.29) is 19.6 Å². The zero-order valence-corrected chi connectivity index (χ0v) is 19.6. The average molecular weight is 463 g/mol. The molecular formula is C24H34N2O7. The highest BCUT2D eigenvalue weighted by molar-refractivity contribution is 5.99. The maximum Gasteiger partial charge on any atom is 0.408 e. The molecule has 0 saturated heterocycles. The molecule has 1 atom stereocenters. The smallest absolute Gasteiger partial charge is 0.408 e. The monoisotopic (exact) mass is 462 g/mol. The molecule has 2 amide bonds. The van der Waals surface area contributed by atoms with E-state index in [0.29, 0.717) is 19.4 Å². The van der Waals surface area contributed by atoms with Crippen molar-refractivity contribution >= 4 is 23.9 Å². The molecule has 33 heavy (non-hydrogen) atoms. The normalized spacial score (nSPS) is 11.6. The van der Waals surface area contributed by atoms with Crippen molar-refractivity contribution in [2.75, 3.05) is 13.2 Å². The minimum Gasteiger partial charge on any atom is -0.461 e. The number of hydrogen-bond donors (Lipinski definition) is 2. The fraction of sp³-hybridized carbons (Fsp3) is 0.500. The van der Waals surface area contributed by atoms with Crippen LogP contribution in [0.3, 0.4) is 0 Å². The van der Waals surface area contributed by atoms with Gasteiger partial charge in [-0.3, -0.25) is 9.59 Å². The number of unbranched alkanes of at least 4 members (excludes halogenated alkanes) is 1. The van der Waals surface area contributed by atoms with Crippen molar-refractivity contribution < 1.29 is 33.4 Å². The van der Waals surface area contributed by atoms with Crippen molar-refractivity contribution in [2.24, 2.45) is 0 Å². The highest BCUT2D eigenvalue weighted by atomic mass is 16.6. The van der Waals surface area contributed by atoms with Crippen molar-refractivity contribution in [1.29, 1.82) is 0 Å². The molecule has 0 unspecified atom stereocenters. The number of alkyl carbamates (subject to hydrolysis) is 2. The van der Waals surface area contributed by atoms with Crippen molar-refractivity contribution in [1.82, 2.24) is 10.6 Å². The molecule has 9 heteroatoms. The highest BCUT2D eigenvalue weighted by Gasteiger charge is 2.26. The predicted molar refractivity (Wildman–Crippen MR) is 122 cm³/mol. The number of ketones is 1. The Labute approximate surface area is 194 Å². The minimum absolute atomic E-state index is 0.00230. The second-order valence-electron chi connectivity index (χ2n) is 8.30. The molecule has 1 rings (SSSR count). The van der Waals surface area contributed by atoms with Crippen LogP contribution in [0.5, 0.6) is 0 Å². The first kappa shape index (κ1) is 27.7. The third-order valence-electron chi connectivity index (χ3n) is 4.16. The summed E-state index contributed by atoms with van der Waals surface area (Å²) in [7, 11) is 0. The summed E-state index contributed by atoms with van der Waals surface area (Å²) in [5.41, 5.74) is 0.152. The molecule has 0 aromatic heterocycles. The molecule has 0 saturated carbocycles. The van der Waals surface area contributed by atoms with Gasteiger partial charge in [0.15, 0.2) is 5.78 Å². The van der Waals surface area contributed by atoms with Crippen LogP contribution in [0.2, 0.25) is 0 Å². The lowest BCUT2D eigenvalue weighted by Crippen LogP contribution is -2.44. The largest absolute Gasteiger partial charge is 0.461 e. The Bertz CT molecular complexity index is 788. The van der Waals surface area contributed by atoms with Gasteiger partial charge in [-0.1, -0.05) is 43.0 Å². The summed E-state index contributed by atoms with van der Waals surface area (Å²) in [6.45, 7) is 9.07. The van der Waals surface area contributed by atoms with Crippen LogP contribution in [0.15, 0.2) is 43.0 Å². The van der Waals surface area contributed by atoms with E-state index in [2.05, 4.69) is 17.2 Å². The van der Waals surface area contributed by atoms with E-state index in [1.807, 2.05) is 30.3 Å². The zero-order chi connectivity index (χ0) is 24.7. The number of nitrogens with one attached hydrogen (secondary N) is 2.